The number of ether oxygens (including phenoxy) is 1. The summed E-state index contributed by atoms with van der Waals surface area (Å²) in [6.45, 7) is 4.17. The smallest absolute Gasteiger partial charge is 0.317 e. The fourth-order valence-corrected chi connectivity index (χ4v) is 2.27. The van der Waals surface area contributed by atoms with Crippen molar-refractivity contribution in [3.8, 4) is 0 Å². The number of rotatable bonds is 6. The summed E-state index contributed by atoms with van der Waals surface area (Å²) in [5.74, 6) is -0.840. The van der Waals surface area contributed by atoms with Gasteiger partial charge < -0.3 is 20.1 Å². The number of carboxylic acids is 1. The van der Waals surface area contributed by atoms with Gasteiger partial charge in [-0.25, -0.2) is 4.79 Å². The molecule has 1 saturated heterocycles. The summed E-state index contributed by atoms with van der Waals surface area (Å²) in [7, 11) is 1.69. The molecule has 1 heterocycles. The van der Waals surface area contributed by atoms with Crippen LogP contribution in [0.15, 0.2) is 0 Å². The maximum absolute atomic E-state index is 11.9. The molecule has 6 nitrogen and oxygen atoms in total. The van der Waals surface area contributed by atoms with Crippen LogP contribution in [0.25, 0.3) is 0 Å². The zero-order valence-corrected chi connectivity index (χ0v) is 11.7. The van der Waals surface area contributed by atoms with Crippen molar-refractivity contribution in [3.05, 3.63) is 0 Å². The first-order valence-corrected chi connectivity index (χ1v) is 6.83. The average Bonchev–Trinajstić information content (AvgIpc) is 2.40. The summed E-state index contributed by atoms with van der Waals surface area (Å²) in [6.07, 6.45) is 2.40. The van der Waals surface area contributed by atoms with Crippen LogP contribution in [0.4, 0.5) is 4.79 Å². The number of carbonyl (C=O) groups excluding carboxylic acids is 1. The van der Waals surface area contributed by atoms with Gasteiger partial charge in [-0.2, -0.15) is 0 Å². The van der Waals surface area contributed by atoms with Gasteiger partial charge in [0.25, 0.3) is 0 Å². The highest BCUT2D eigenvalue weighted by Crippen LogP contribution is 2.17. The van der Waals surface area contributed by atoms with Gasteiger partial charge in [-0.3, -0.25) is 4.79 Å². The summed E-state index contributed by atoms with van der Waals surface area (Å²) < 4.78 is 5.11. The lowest BCUT2D eigenvalue weighted by Crippen LogP contribution is -2.46. The molecule has 2 amide bonds. The molecule has 110 valence electrons. The van der Waals surface area contributed by atoms with E-state index in [1.165, 1.54) is 0 Å². The second kappa shape index (κ2) is 7.99. The third-order valence-corrected chi connectivity index (χ3v) is 3.65. The molecule has 0 saturated carbocycles. The highest BCUT2D eigenvalue weighted by atomic mass is 16.5. The van der Waals surface area contributed by atoms with Crippen molar-refractivity contribution in [1.82, 2.24) is 10.2 Å². The number of amides is 2. The second-order valence-corrected chi connectivity index (χ2v) is 5.02. The van der Waals surface area contributed by atoms with Crippen LogP contribution in [-0.2, 0) is 9.53 Å². The molecule has 0 spiro atoms. The summed E-state index contributed by atoms with van der Waals surface area (Å²) in [6, 6.07) is -0.157. The molecular weight excluding hydrogens is 248 g/mol. The Hall–Kier alpha value is -1.30. The van der Waals surface area contributed by atoms with Crippen LogP contribution in [0.1, 0.15) is 26.2 Å². The van der Waals surface area contributed by atoms with Gasteiger partial charge in [-0.05, 0) is 25.2 Å². The minimum absolute atomic E-state index is 0.157. The Morgan fingerprint density at radius 2 is 2.05 bits per heavy atom. The number of hydrogen-bond donors (Lipinski definition) is 2. The summed E-state index contributed by atoms with van der Waals surface area (Å²) in [4.78, 5) is 24.5. The fourth-order valence-electron chi connectivity index (χ4n) is 2.27. The van der Waals surface area contributed by atoms with Crippen LogP contribution in [0.2, 0.25) is 0 Å². The first-order chi connectivity index (χ1) is 9.08. The van der Waals surface area contributed by atoms with Crippen molar-refractivity contribution in [1.29, 1.82) is 0 Å². The number of methoxy groups -OCH3 is 1. The Balaban J connectivity index is 2.29. The largest absolute Gasteiger partial charge is 0.481 e. The van der Waals surface area contributed by atoms with E-state index in [2.05, 4.69) is 5.32 Å². The van der Waals surface area contributed by atoms with Crippen molar-refractivity contribution < 1.29 is 19.4 Å². The van der Waals surface area contributed by atoms with Crippen LogP contribution >= 0.6 is 0 Å². The van der Waals surface area contributed by atoms with Crippen LogP contribution in [0, 0.1) is 11.8 Å². The van der Waals surface area contributed by atoms with Gasteiger partial charge in [0.2, 0.25) is 0 Å². The van der Waals surface area contributed by atoms with Gasteiger partial charge in [0.1, 0.15) is 0 Å². The molecule has 0 bridgehead atoms. The van der Waals surface area contributed by atoms with Crippen LogP contribution in [0.3, 0.4) is 0 Å². The Labute approximate surface area is 114 Å². The fraction of sp³-hybridized carbons (Fsp3) is 0.846. The lowest BCUT2D eigenvalue weighted by Gasteiger charge is -2.31. The first-order valence-electron chi connectivity index (χ1n) is 6.83. The van der Waals surface area contributed by atoms with Crippen molar-refractivity contribution in [3.63, 3.8) is 0 Å². The number of nitrogens with one attached hydrogen (secondary N) is 1. The molecule has 1 atom stereocenters. The van der Waals surface area contributed by atoms with Crippen molar-refractivity contribution in [2.75, 3.05) is 33.4 Å². The van der Waals surface area contributed by atoms with Crippen LogP contribution in [0.5, 0.6) is 0 Å². The molecule has 6 heteroatoms. The van der Waals surface area contributed by atoms with Gasteiger partial charge >= 0.3 is 12.0 Å². The minimum Gasteiger partial charge on any atom is -0.481 e. The van der Waals surface area contributed by atoms with Gasteiger partial charge in [-0.15, -0.1) is 0 Å². The van der Waals surface area contributed by atoms with Crippen molar-refractivity contribution in [2.24, 2.45) is 11.8 Å². The number of piperidine rings is 1. The lowest BCUT2D eigenvalue weighted by atomic mass is 9.98. The number of carbonyl (C=O) groups is 2. The SMILES string of the molecule is CCC(CNC(=O)N1CCC(COC)CC1)C(=O)O. The average molecular weight is 272 g/mol. The molecule has 1 aliphatic rings. The second-order valence-electron chi connectivity index (χ2n) is 5.02. The molecule has 19 heavy (non-hydrogen) atoms. The standard InChI is InChI=1S/C13H24N2O4/c1-3-11(12(16)17)8-14-13(18)15-6-4-10(5-7-15)9-19-2/h10-11H,3-9H2,1-2H3,(H,14,18)(H,16,17). The Morgan fingerprint density at radius 3 is 2.53 bits per heavy atom. The Morgan fingerprint density at radius 1 is 1.42 bits per heavy atom. The molecule has 0 aromatic carbocycles. The summed E-state index contributed by atoms with van der Waals surface area (Å²) in [5.41, 5.74) is 0. The Bertz CT molecular complexity index is 301. The number of aliphatic carboxylic acids is 1. The zero-order chi connectivity index (χ0) is 14.3. The molecule has 0 aromatic rings. The van der Waals surface area contributed by atoms with Gasteiger partial charge in [0.15, 0.2) is 0 Å². The zero-order valence-electron chi connectivity index (χ0n) is 11.7. The molecule has 1 unspecified atom stereocenters. The van der Waals surface area contributed by atoms with E-state index < -0.39 is 11.9 Å². The molecule has 0 radical (unpaired) electrons. The van der Waals surface area contributed by atoms with Crippen molar-refractivity contribution >= 4 is 12.0 Å². The van der Waals surface area contributed by atoms with E-state index in [4.69, 9.17) is 9.84 Å². The number of likely N-dealkylation sites (tertiary alicyclic amines) is 1. The van der Waals surface area contributed by atoms with Gasteiger partial charge in [0, 0.05) is 33.4 Å². The molecule has 2 N–H and O–H groups in total. The maximum atomic E-state index is 11.9. The number of urea groups is 1. The third kappa shape index (κ3) is 5.06. The molecular formula is C13H24N2O4. The quantitative estimate of drug-likeness (QED) is 0.760. The monoisotopic (exact) mass is 272 g/mol. The van der Waals surface area contributed by atoms with Gasteiger partial charge in [0.05, 0.1) is 5.92 Å². The lowest BCUT2D eigenvalue weighted by molar-refractivity contribution is -0.141. The minimum atomic E-state index is -0.860. The van der Waals surface area contributed by atoms with E-state index in [1.807, 2.05) is 0 Å². The van der Waals surface area contributed by atoms with Crippen LogP contribution < -0.4 is 5.32 Å². The van der Waals surface area contributed by atoms with E-state index in [0.29, 0.717) is 25.4 Å². The number of hydrogen-bond acceptors (Lipinski definition) is 3. The Kier molecular flexibility index (Phi) is 6.62. The van der Waals surface area contributed by atoms with Crippen molar-refractivity contribution in [2.45, 2.75) is 26.2 Å². The predicted octanol–water partition coefficient (Wildman–Crippen LogP) is 1.17. The number of carboxylic acid groups (broad SMARTS) is 1. The van der Waals surface area contributed by atoms with Gasteiger partial charge in [-0.1, -0.05) is 6.92 Å². The van der Waals surface area contributed by atoms with E-state index in [9.17, 15) is 9.59 Å². The highest BCUT2D eigenvalue weighted by Gasteiger charge is 2.23. The molecule has 1 rings (SSSR count). The molecule has 0 aromatic heterocycles. The normalized spacial score (nSPS) is 18.1. The van der Waals surface area contributed by atoms with E-state index in [-0.39, 0.29) is 12.6 Å². The number of nitrogens with zero attached hydrogens (tertiary/aromatic N) is 1. The third-order valence-electron chi connectivity index (χ3n) is 3.65. The van der Waals surface area contributed by atoms with Crippen LogP contribution in [-0.4, -0.2) is 55.4 Å². The van der Waals surface area contributed by atoms with E-state index >= 15 is 0 Å². The highest BCUT2D eigenvalue weighted by molar-refractivity contribution is 5.76. The molecule has 1 aliphatic heterocycles. The maximum Gasteiger partial charge on any atom is 0.317 e. The predicted molar refractivity (Wildman–Crippen MR) is 71.0 cm³/mol. The summed E-state index contributed by atoms with van der Waals surface area (Å²) >= 11 is 0. The topological polar surface area (TPSA) is 78.9 Å². The first kappa shape index (κ1) is 15.8. The molecule has 1 fully saturated rings. The summed E-state index contributed by atoms with van der Waals surface area (Å²) in [5, 5.41) is 11.6. The molecule has 0 aliphatic carbocycles. The van der Waals surface area contributed by atoms with E-state index in [1.54, 1.807) is 18.9 Å². The van der Waals surface area contributed by atoms with E-state index in [0.717, 1.165) is 19.4 Å².